The summed E-state index contributed by atoms with van der Waals surface area (Å²) >= 11 is 0. The van der Waals surface area contributed by atoms with Gasteiger partial charge in [0.2, 0.25) is 0 Å². The van der Waals surface area contributed by atoms with Gasteiger partial charge in [-0.1, -0.05) is 18.2 Å². The van der Waals surface area contributed by atoms with Crippen LogP contribution in [0.1, 0.15) is 24.2 Å². The van der Waals surface area contributed by atoms with E-state index < -0.39 is 0 Å². The monoisotopic (exact) mass is 377 g/mol. The molecule has 0 spiro atoms. The van der Waals surface area contributed by atoms with Gasteiger partial charge >= 0.3 is 0 Å². The Morgan fingerprint density at radius 2 is 1.89 bits per heavy atom. The van der Waals surface area contributed by atoms with Crippen molar-refractivity contribution in [1.29, 1.82) is 0 Å². The molecule has 2 atom stereocenters. The van der Waals surface area contributed by atoms with Crippen LogP contribution in [-0.2, 0) is 0 Å². The second kappa shape index (κ2) is 7.68. The van der Waals surface area contributed by atoms with Crippen molar-refractivity contribution in [2.24, 2.45) is 0 Å². The van der Waals surface area contributed by atoms with E-state index in [1.807, 2.05) is 49.5 Å². The Hall–Kier alpha value is -2.79. The van der Waals surface area contributed by atoms with Gasteiger partial charge < -0.3 is 14.6 Å². The molecule has 1 aromatic heterocycles. The molecule has 0 radical (unpaired) electrons. The number of nitrogens with one attached hydrogen (secondary N) is 1. The number of hydrogen-bond acceptors (Lipinski definition) is 4. The van der Waals surface area contributed by atoms with Crippen molar-refractivity contribution < 1.29 is 9.53 Å². The molecule has 0 bridgehead atoms. The van der Waals surface area contributed by atoms with E-state index in [1.54, 1.807) is 7.11 Å². The molecule has 1 aliphatic heterocycles. The molecule has 146 valence electrons. The van der Waals surface area contributed by atoms with E-state index in [2.05, 4.69) is 33.8 Å². The first-order chi connectivity index (χ1) is 13.6. The van der Waals surface area contributed by atoms with Crippen molar-refractivity contribution in [3.8, 4) is 5.75 Å². The minimum absolute atomic E-state index is 0.139. The fraction of sp³-hybridized carbons (Fsp3) is 0.348. The number of nitrogens with zero attached hydrogens (tertiary/aromatic N) is 2. The maximum atomic E-state index is 13.2. The van der Waals surface area contributed by atoms with Gasteiger partial charge in [-0.05, 0) is 44.2 Å². The third kappa shape index (κ3) is 3.38. The van der Waals surface area contributed by atoms with Gasteiger partial charge in [0.05, 0.1) is 13.2 Å². The molecular weight excluding hydrogens is 350 g/mol. The highest BCUT2D eigenvalue weighted by Gasteiger charge is 2.31. The predicted molar refractivity (Wildman–Crippen MR) is 113 cm³/mol. The summed E-state index contributed by atoms with van der Waals surface area (Å²) in [5.41, 5.74) is 2.99. The number of ether oxygens (including phenoxy) is 1. The Bertz CT molecular complexity index is 963. The highest BCUT2D eigenvalue weighted by molar-refractivity contribution is 6.10. The molecular formula is C23H27N3O2. The molecule has 5 nitrogen and oxygen atoms in total. The number of Topliss-reactive ketones (excluding diaryl/α,β-unsaturated/α-hetero) is 1. The average molecular weight is 377 g/mol. The molecule has 5 heteroatoms. The zero-order valence-electron chi connectivity index (χ0n) is 16.7. The number of anilines is 1. The summed E-state index contributed by atoms with van der Waals surface area (Å²) in [6.45, 7) is 6.88. The summed E-state index contributed by atoms with van der Waals surface area (Å²) in [7, 11) is 1.68. The Morgan fingerprint density at radius 1 is 1.14 bits per heavy atom. The number of carbonyl (C=O) groups is 1. The normalized spacial score (nSPS) is 19.0. The zero-order chi connectivity index (χ0) is 19.7. The second-order valence-electron chi connectivity index (χ2n) is 7.52. The van der Waals surface area contributed by atoms with Crippen molar-refractivity contribution in [2.75, 3.05) is 31.6 Å². The number of benzene rings is 2. The minimum atomic E-state index is -0.139. The van der Waals surface area contributed by atoms with Gasteiger partial charge in [-0.25, -0.2) is 0 Å². The maximum absolute atomic E-state index is 13.2. The van der Waals surface area contributed by atoms with Crippen LogP contribution in [0.5, 0.6) is 5.75 Å². The van der Waals surface area contributed by atoms with Crippen LogP contribution in [0.2, 0.25) is 0 Å². The third-order valence-electron chi connectivity index (χ3n) is 5.84. The lowest BCUT2D eigenvalue weighted by atomic mass is 10.0. The van der Waals surface area contributed by atoms with Gasteiger partial charge in [0.15, 0.2) is 5.78 Å². The first-order valence-corrected chi connectivity index (χ1v) is 9.83. The standard InChI is InChI=1S/C23H27N3O2/c1-16-15-25(12-13-26(16)18-8-10-19(28-3)11-9-18)17(2)23(27)21-14-24-22-7-5-4-6-20(21)22/h4-11,14,16-17,24H,12-13,15H2,1-3H3. The molecule has 1 aliphatic rings. The molecule has 0 amide bonds. The number of piperazine rings is 1. The number of methoxy groups -OCH3 is 1. The lowest BCUT2D eigenvalue weighted by Gasteiger charge is -2.43. The lowest BCUT2D eigenvalue weighted by Crippen LogP contribution is -2.56. The summed E-state index contributed by atoms with van der Waals surface area (Å²) in [4.78, 5) is 21.1. The van der Waals surface area contributed by atoms with Gasteiger partial charge in [-0.2, -0.15) is 0 Å². The molecule has 4 rings (SSSR count). The molecule has 1 saturated heterocycles. The Balaban J connectivity index is 1.46. The van der Waals surface area contributed by atoms with Crippen LogP contribution < -0.4 is 9.64 Å². The fourth-order valence-corrected chi connectivity index (χ4v) is 4.16. The van der Waals surface area contributed by atoms with Crippen molar-refractivity contribution >= 4 is 22.4 Å². The zero-order valence-corrected chi connectivity index (χ0v) is 16.7. The molecule has 1 fully saturated rings. The van der Waals surface area contributed by atoms with Crippen LogP contribution in [0.25, 0.3) is 10.9 Å². The molecule has 0 saturated carbocycles. The lowest BCUT2D eigenvalue weighted by molar-refractivity contribution is 0.0813. The van der Waals surface area contributed by atoms with E-state index in [0.717, 1.165) is 41.9 Å². The van der Waals surface area contributed by atoms with Crippen molar-refractivity contribution in [3.05, 3.63) is 60.3 Å². The quantitative estimate of drug-likeness (QED) is 0.684. The molecule has 2 aromatic carbocycles. The number of ketones is 1. The Kier molecular flexibility index (Phi) is 5.09. The van der Waals surface area contributed by atoms with Gasteiger partial charge in [0.25, 0.3) is 0 Å². The van der Waals surface area contributed by atoms with Gasteiger partial charge in [0, 0.05) is 54.0 Å². The van der Waals surface area contributed by atoms with Crippen LogP contribution in [-0.4, -0.2) is 54.5 Å². The fourth-order valence-electron chi connectivity index (χ4n) is 4.16. The first kappa shape index (κ1) is 18.6. The minimum Gasteiger partial charge on any atom is -0.497 e. The smallest absolute Gasteiger partial charge is 0.181 e. The Morgan fingerprint density at radius 3 is 2.61 bits per heavy atom. The molecule has 0 aliphatic carbocycles. The molecule has 2 heterocycles. The number of carbonyl (C=O) groups excluding carboxylic acids is 1. The number of fused-ring (bicyclic) bond motifs is 1. The number of H-pyrrole nitrogens is 1. The Labute approximate surface area is 165 Å². The summed E-state index contributed by atoms with van der Waals surface area (Å²) < 4.78 is 5.26. The summed E-state index contributed by atoms with van der Waals surface area (Å²) in [5.74, 6) is 1.05. The number of rotatable bonds is 5. The van der Waals surface area contributed by atoms with Crippen LogP contribution in [0.15, 0.2) is 54.7 Å². The number of para-hydroxylation sites is 1. The molecule has 28 heavy (non-hydrogen) atoms. The summed E-state index contributed by atoms with van der Waals surface area (Å²) in [6.07, 6.45) is 1.85. The van der Waals surface area contributed by atoms with Gasteiger partial charge in [0.1, 0.15) is 5.75 Å². The highest BCUT2D eigenvalue weighted by atomic mass is 16.5. The average Bonchev–Trinajstić information content (AvgIpc) is 3.17. The first-order valence-electron chi connectivity index (χ1n) is 9.83. The van der Waals surface area contributed by atoms with Crippen molar-refractivity contribution in [3.63, 3.8) is 0 Å². The number of hydrogen-bond donors (Lipinski definition) is 1. The molecule has 3 aromatic rings. The number of aromatic nitrogens is 1. The molecule has 1 N–H and O–H groups in total. The van der Waals surface area contributed by atoms with Crippen molar-refractivity contribution in [1.82, 2.24) is 9.88 Å². The largest absolute Gasteiger partial charge is 0.497 e. The van der Waals surface area contributed by atoms with Gasteiger partial charge in [-0.15, -0.1) is 0 Å². The van der Waals surface area contributed by atoms with E-state index >= 15 is 0 Å². The second-order valence-corrected chi connectivity index (χ2v) is 7.52. The van der Waals surface area contributed by atoms with Crippen LogP contribution in [0.3, 0.4) is 0 Å². The summed E-state index contributed by atoms with van der Waals surface area (Å²) in [6, 6.07) is 16.4. The summed E-state index contributed by atoms with van der Waals surface area (Å²) in [5, 5.41) is 1.00. The van der Waals surface area contributed by atoms with Crippen LogP contribution in [0, 0.1) is 0 Å². The highest BCUT2D eigenvalue weighted by Crippen LogP contribution is 2.26. The van der Waals surface area contributed by atoms with Crippen LogP contribution >= 0.6 is 0 Å². The predicted octanol–water partition coefficient (Wildman–Crippen LogP) is 3.96. The maximum Gasteiger partial charge on any atom is 0.181 e. The number of aromatic amines is 1. The van der Waals surface area contributed by atoms with Gasteiger partial charge in [-0.3, -0.25) is 9.69 Å². The topological polar surface area (TPSA) is 48.6 Å². The molecule has 2 unspecified atom stereocenters. The van der Waals surface area contributed by atoms with E-state index in [1.165, 1.54) is 5.69 Å². The van der Waals surface area contributed by atoms with E-state index in [-0.39, 0.29) is 11.8 Å². The SMILES string of the molecule is COc1ccc(N2CCN(C(C)C(=O)c3c[nH]c4ccccc34)CC2C)cc1. The van der Waals surface area contributed by atoms with Crippen molar-refractivity contribution in [2.45, 2.75) is 25.9 Å². The van der Waals surface area contributed by atoms with E-state index in [4.69, 9.17) is 4.74 Å². The van der Waals surface area contributed by atoms with Crippen LogP contribution in [0.4, 0.5) is 5.69 Å². The third-order valence-corrected chi connectivity index (χ3v) is 5.84. The van der Waals surface area contributed by atoms with E-state index in [0.29, 0.717) is 6.04 Å². The van der Waals surface area contributed by atoms with E-state index in [9.17, 15) is 4.79 Å².